The van der Waals surface area contributed by atoms with E-state index in [1.165, 1.54) is 0 Å². The predicted molar refractivity (Wildman–Crippen MR) is 69.4 cm³/mol. The van der Waals surface area contributed by atoms with E-state index < -0.39 is 50.7 Å². The zero-order valence-corrected chi connectivity index (χ0v) is 12.1. The second kappa shape index (κ2) is 6.46. The third kappa shape index (κ3) is 3.96. The Morgan fingerprint density at radius 3 is 2.33 bits per heavy atom. The van der Waals surface area contributed by atoms with Crippen molar-refractivity contribution in [3.8, 4) is 0 Å². The van der Waals surface area contributed by atoms with Gasteiger partial charge in [0.1, 0.15) is 4.90 Å². The maximum Gasteiger partial charge on any atom is 0.335 e. The average molecular weight is 323 g/mol. The molecule has 1 unspecified atom stereocenters. The molecule has 21 heavy (non-hydrogen) atoms. The third-order valence-electron chi connectivity index (χ3n) is 2.84. The number of aromatic carboxylic acids is 1. The SMILES string of the molecule is CC(C)C(CO)NS(=O)(=O)c1cc(C(=O)O)cc(F)c1F. The zero-order valence-electron chi connectivity index (χ0n) is 11.3. The van der Waals surface area contributed by atoms with Crippen LogP contribution in [0.2, 0.25) is 0 Å². The number of benzene rings is 1. The van der Waals surface area contributed by atoms with Crippen LogP contribution < -0.4 is 4.72 Å². The molecule has 9 heteroatoms. The van der Waals surface area contributed by atoms with Crippen molar-refractivity contribution < 1.29 is 32.2 Å². The lowest BCUT2D eigenvalue weighted by Gasteiger charge is -2.20. The van der Waals surface area contributed by atoms with E-state index in [4.69, 9.17) is 10.2 Å². The van der Waals surface area contributed by atoms with Crippen LogP contribution in [0.1, 0.15) is 24.2 Å². The Kier molecular flexibility index (Phi) is 5.37. The summed E-state index contributed by atoms with van der Waals surface area (Å²) in [5.41, 5.74) is -0.695. The normalized spacial score (nSPS) is 13.4. The van der Waals surface area contributed by atoms with Crippen molar-refractivity contribution in [1.82, 2.24) is 4.72 Å². The van der Waals surface area contributed by atoms with E-state index in [2.05, 4.69) is 0 Å². The van der Waals surface area contributed by atoms with Crippen LogP contribution in [0.4, 0.5) is 8.78 Å². The van der Waals surface area contributed by atoms with E-state index in [-0.39, 0.29) is 5.92 Å². The molecule has 0 aliphatic heterocycles. The number of nitrogens with one attached hydrogen (secondary N) is 1. The predicted octanol–water partition coefficient (Wildman–Crippen LogP) is 0.958. The van der Waals surface area contributed by atoms with E-state index in [9.17, 15) is 22.0 Å². The first kappa shape index (κ1) is 17.5. The summed E-state index contributed by atoms with van der Waals surface area (Å²) in [4.78, 5) is 9.67. The molecule has 0 aliphatic carbocycles. The maximum absolute atomic E-state index is 13.6. The summed E-state index contributed by atoms with van der Waals surface area (Å²) in [6, 6.07) is 0.00600. The quantitative estimate of drug-likeness (QED) is 0.723. The van der Waals surface area contributed by atoms with Gasteiger partial charge in [-0.1, -0.05) is 13.8 Å². The molecule has 0 saturated carbocycles. The van der Waals surface area contributed by atoms with Crippen LogP contribution in [0.5, 0.6) is 0 Å². The molecule has 1 rings (SSSR count). The van der Waals surface area contributed by atoms with E-state index in [0.717, 1.165) is 0 Å². The van der Waals surface area contributed by atoms with Gasteiger partial charge in [-0.25, -0.2) is 26.7 Å². The first-order valence-electron chi connectivity index (χ1n) is 5.95. The van der Waals surface area contributed by atoms with Crippen molar-refractivity contribution in [2.24, 2.45) is 5.92 Å². The maximum atomic E-state index is 13.6. The van der Waals surface area contributed by atoms with Crippen molar-refractivity contribution in [2.75, 3.05) is 6.61 Å². The highest BCUT2D eigenvalue weighted by molar-refractivity contribution is 7.89. The molecule has 118 valence electrons. The Morgan fingerprint density at radius 2 is 1.90 bits per heavy atom. The molecule has 1 aromatic carbocycles. The molecule has 0 heterocycles. The highest BCUT2D eigenvalue weighted by atomic mass is 32.2. The molecule has 1 aromatic rings. The van der Waals surface area contributed by atoms with Gasteiger partial charge in [0.25, 0.3) is 0 Å². The van der Waals surface area contributed by atoms with E-state index in [1.807, 2.05) is 4.72 Å². The van der Waals surface area contributed by atoms with Gasteiger partial charge < -0.3 is 10.2 Å². The topological polar surface area (TPSA) is 104 Å². The minimum atomic E-state index is -4.51. The first-order chi connectivity index (χ1) is 9.60. The second-order valence-electron chi connectivity index (χ2n) is 4.73. The summed E-state index contributed by atoms with van der Waals surface area (Å²) < 4.78 is 53.1. The first-order valence-corrected chi connectivity index (χ1v) is 7.44. The van der Waals surface area contributed by atoms with E-state index in [0.29, 0.717) is 12.1 Å². The standard InChI is InChI=1S/C12H15F2NO5S/c1-6(2)9(5-16)15-21(19,20)10-4-7(12(17)18)3-8(13)11(10)14/h3-4,6,9,15-16H,5H2,1-2H3,(H,17,18). The molecule has 6 nitrogen and oxygen atoms in total. The Morgan fingerprint density at radius 1 is 1.33 bits per heavy atom. The van der Waals surface area contributed by atoms with Gasteiger partial charge in [0.15, 0.2) is 11.6 Å². The molecular formula is C12H15F2NO5S. The molecule has 0 saturated heterocycles. The van der Waals surface area contributed by atoms with Crippen molar-refractivity contribution >= 4 is 16.0 Å². The summed E-state index contributed by atoms with van der Waals surface area (Å²) in [5.74, 6) is -5.15. The summed E-state index contributed by atoms with van der Waals surface area (Å²) >= 11 is 0. The van der Waals surface area contributed by atoms with Crippen LogP contribution in [-0.2, 0) is 10.0 Å². The minimum absolute atomic E-state index is 0.305. The summed E-state index contributed by atoms with van der Waals surface area (Å²) in [7, 11) is -4.51. The molecular weight excluding hydrogens is 308 g/mol. The molecule has 0 amide bonds. The van der Waals surface area contributed by atoms with Crippen LogP contribution in [0.15, 0.2) is 17.0 Å². The Hall–Kier alpha value is -1.58. The fourth-order valence-corrected chi connectivity index (χ4v) is 3.02. The molecule has 0 radical (unpaired) electrons. The number of rotatable bonds is 6. The van der Waals surface area contributed by atoms with Crippen LogP contribution in [0.3, 0.4) is 0 Å². The van der Waals surface area contributed by atoms with Gasteiger partial charge in [0, 0.05) is 6.04 Å². The van der Waals surface area contributed by atoms with Crippen molar-refractivity contribution in [3.63, 3.8) is 0 Å². The summed E-state index contributed by atoms with van der Waals surface area (Å²) in [6.07, 6.45) is 0. The fraction of sp³-hybridized carbons (Fsp3) is 0.417. The molecule has 0 spiro atoms. The number of carbonyl (C=O) groups is 1. The molecule has 1 atom stereocenters. The molecule has 0 fully saturated rings. The number of carboxylic acid groups (broad SMARTS) is 1. The van der Waals surface area contributed by atoms with Gasteiger partial charge in [-0.2, -0.15) is 0 Å². The van der Waals surface area contributed by atoms with E-state index in [1.54, 1.807) is 13.8 Å². The largest absolute Gasteiger partial charge is 0.478 e. The number of halogens is 2. The zero-order chi connectivity index (χ0) is 16.4. The lowest BCUT2D eigenvalue weighted by molar-refractivity contribution is 0.0696. The highest BCUT2D eigenvalue weighted by Gasteiger charge is 2.28. The third-order valence-corrected chi connectivity index (χ3v) is 4.33. The van der Waals surface area contributed by atoms with E-state index >= 15 is 0 Å². The number of carboxylic acids is 1. The van der Waals surface area contributed by atoms with Gasteiger partial charge in [-0.3, -0.25) is 0 Å². The van der Waals surface area contributed by atoms with Gasteiger partial charge in [-0.15, -0.1) is 0 Å². The minimum Gasteiger partial charge on any atom is -0.478 e. The summed E-state index contributed by atoms with van der Waals surface area (Å²) in [6.45, 7) is 2.70. The van der Waals surface area contributed by atoms with Crippen LogP contribution in [-0.4, -0.2) is 37.2 Å². The number of aliphatic hydroxyl groups is 1. The number of hydrogen-bond donors (Lipinski definition) is 3. The van der Waals surface area contributed by atoms with Gasteiger partial charge in [0.2, 0.25) is 10.0 Å². The Balaban J connectivity index is 3.34. The van der Waals surface area contributed by atoms with Crippen LogP contribution >= 0.6 is 0 Å². The molecule has 3 N–H and O–H groups in total. The molecule has 0 bridgehead atoms. The van der Waals surface area contributed by atoms with Crippen molar-refractivity contribution in [1.29, 1.82) is 0 Å². The summed E-state index contributed by atoms with van der Waals surface area (Å²) in [5, 5.41) is 17.8. The van der Waals surface area contributed by atoms with Gasteiger partial charge in [0.05, 0.1) is 12.2 Å². The molecule has 0 aliphatic rings. The second-order valence-corrected chi connectivity index (χ2v) is 6.41. The number of sulfonamides is 1. The monoisotopic (exact) mass is 323 g/mol. The Bertz CT molecular complexity index is 645. The lowest BCUT2D eigenvalue weighted by atomic mass is 10.1. The number of hydrogen-bond acceptors (Lipinski definition) is 4. The van der Waals surface area contributed by atoms with Gasteiger partial charge >= 0.3 is 5.97 Å². The van der Waals surface area contributed by atoms with Crippen LogP contribution in [0.25, 0.3) is 0 Å². The van der Waals surface area contributed by atoms with Gasteiger partial charge in [-0.05, 0) is 18.1 Å². The van der Waals surface area contributed by atoms with Crippen molar-refractivity contribution in [3.05, 3.63) is 29.3 Å². The fourth-order valence-electron chi connectivity index (χ4n) is 1.53. The Labute approximate surface area is 120 Å². The van der Waals surface area contributed by atoms with Crippen LogP contribution in [0, 0.1) is 17.6 Å². The average Bonchev–Trinajstić information content (AvgIpc) is 2.38. The smallest absolute Gasteiger partial charge is 0.335 e. The molecule has 0 aromatic heterocycles. The van der Waals surface area contributed by atoms with Crippen molar-refractivity contribution in [2.45, 2.75) is 24.8 Å². The highest BCUT2D eigenvalue weighted by Crippen LogP contribution is 2.21. The lowest BCUT2D eigenvalue weighted by Crippen LogP contribution is -2.41. The number of aliphatic hydroxyl groups excluding tert-OH is 1.